The highest BCUT2D eigenvalue weighted by Gasteiger charge is 2.32. The van der Waals surface area contributed by atoms with E-state index in [-0.39, 0.29) is 36.9 Å². The Labute approximate surface area is 87.3 Å². The predicted octanol–water partition coefficient (Wildman–Crippen LogP) is 1.47. The molecule has 1 saturated carbocycles. The van der Waals surface area contributed by atoms with Crippen LogP contribution in [0.1, 0.15) is 12.8 Å². The lowest BCUT2D eigenvalue weighted by Crippen LogP contribution is -2.50. The Morgan fingerprint density at radius 1 is 1.23 bits per heavy atom. The monoisotopic (exact) mass is 240 g/mol. The van der Waals surface area contributed by atoms with Crippen LogP contribution >= 0.6 is 24.8 Å². The molecule has 82 valence electrons. The van der Waals surface area contributed by atoms with E-state index in [4.69, 9.17) is 5.73 Å². The minimum absolute atomic E-state index is 0. The number of alkyl halides is 3. The lowest BCUT2D eigenvalue weighted by molar-refractivity contribution is -0.127. The van der Waals surface area contributed by atoms with Gasteiger partial charge in [-0.25, -0.2) is 0 Å². The number of halogens is 5. The van der Waals surface area contributed by atoms with Crippen LogP contribution < -0.4 is 11.1 Å². The number of hydrogen-bond acceptors (Lipinski definition) is 2. The molecule has 1 fully saturated rings. The van der Waals surface area contributed by atoms with Gasteiger partial charge in [0.25, 0.3) is 0 Å². The largest absolute Gasteiger partial charge is 0.401 e. The van der Waals surface area contributed by atoms with E-state index in [2.05, 4.69) is 5.32 Å². The van der Waals surface area contributed by atoms with Crippen LogP contribution in [-0.2, 0) is 0 Å². The maximum atomic E-state index is 11.6. The van der Waals surface area contributed by atoms with Crippen molar-refractivity contribution in [1.29, 1.82) is 0 Å². The van der Waals surface area contributed by atoms with Crippen LogP contribution in [0.3, 0.4) is 0 Å². The predicted molar refractivity (Wildman–Crippen MR) is 49.6 cm³/mol. The van der Waals surface area contributed by atoms with Gasteiger partial charge in [0.05, 0.1) is 6.54 Å². The summed E-state index contributed by atoms with van der Waals surface area (Å²) in [5.41, 5.74) is 5.39. The molecule has 1 aliphatic carbocycles. The van der Waals surface area contributed by atoms with Crippen molar-refractivity contribution in [2.45, 2.75) is 31.1 Å². The molecule has 0 aliphatic heterocycles. The van der Waals surface area contributed by atoms with E-state index in [0.29, 0.717) is 12.8 Å². The van der Waals surface area contributed by atoms with E-state index in [1.807, 2.05) is 0 Å². The van der Waals surface area contributed by atoms with Crippen molar-refractivity contribution in [2.24, 2.45) is 5.73 Å². The van der Waals surface area contributed by atoms with Gasteiger partial charge in [0.1, 0.15) is 0 Å². The van der Waals surface area contributed by atoms with Gasteiger partial charge < -0.3 is 11.1 Å². The van der Waals surface area contributed by atoms with Crippen molar-refractivity contribution in [2.75, 3.05) is 6.54 Å². The van der Waals surface area contributed by atoms with Gasteiger partial charge in [0.2, 0.25) is 0 Å². The number of nitrogens with two attached hydrogens (primary N) is 1. The first kappa shape index (κ1) is 15.7. The lowest BCUT2D eigenvalue weighted by atomic mass is 9.88. The van der Waals surface area contributed by atoms with Crippen LogP contribution in [0.15, 0.2) is 0 Å². The minimum Gasteiger partial charge on any atom is -0.328 e. The van der Waals surface area contributed by atoms with Crippen molar-refractivity contribution in [3.05, 3.63) is 0 Å². The van der Waals surface area contributed by atoms with Gasteiger partial charge in [-0.1, -0.05) is 0 Å². The second-order valence-corrected chi connectivity index (χ2v) is 2.92. The second-order valence-electron chi connectivity index (χ2n) is 2.92. The summed E-state index contributed by atoms with van der Waals surface area (Å²) in [4.78, 5) is 0. The van der Waals surface area contributed by atoms with Crippen molar-refractivity contribution in [1.82, 2.24) is 5.32 Å². The zero-order valence-corrected chi connectivity index (χ0v) is 8.44. The molecule has 0 unspecified atom stereocenters. The summed E-state index contributed by atoms with van der Waals surface area (Å²) in [7, 11) is 0. The zero-order valence-electron chi connectivity index (χ0n) is 6.80. The third kappa shape index (κ3) is 6.37. The quantitative estimate of drug-likeness (QED) is 0.768. The van der Waals surface area contributed by atoms with E-state index in [1.54, 1.807) is 0 Å². The molecule has 1 rings (SSSR count). The Bertz CT molecular complexity index is 136. The fourth-order valence-corrected chi connectivity index (χ4v) is 1.09. The number of hydrogen-bond donors (Lipinski definition) is 2. The summed E-state index contributed by atoms with van der Waals surface area (Å²) < 4.78 is 34.7. The van der Waals surface area contributed by atoms with E-state index in [0.717, 1.165) is 0 Å². The number of rotatable bonds is 2. The van der Waals surface area contributed by atoms with Gasteiger partial charge in [-0.2, -0.15) is 13.2 Å². The topological polar surface area (TPSA) is 38.0 Å². The normalized spacial score (nSPS) is 26.8. The minimum atomic E-state index is -4.10. The summed E-state index contributed by atoms with van der Waals surface area (Å²) in [6.45, 7) is -0.898. The molecule has 3 N–H and O–H groups in total. The van der Waals surface area contributed by atoms with Gasteiger partial charge in [0, 0.05) is 12.1 Å². The van der Waals surface area contributed by atoms with Crippen LogP contribution in [0.5, 0.6) is 0 Å². The molecule has 0 radical (unpaired) electrons. The smallest absolute Gasteiger partial charge is 0.328 e. The summed E-state index contributed by atoms with van der Waals surface area (Å²) in [6.07, 6.45) is -2.77. The van der Waals surface area contributed by atoms with E-state index in [1.165, 1.54) is 0 Å². The Morgan fingerprint density at radius 3 is 2.00 bits per heavy atom. The third-order valence-corrected chi connectivity index (χ3v) is 1.77. The average molecular weight is 241 g/mol. The molecule has 0 amide bonds. The molecule has 13 heavy (non-hydrogen) atoms. The molecule has 0 aromatic carbocycles. The van der Waals surface area contributed by atoms with Crippen LogP contribution in [0.2, 0.25) is 0 Å². The fraction of sp³-hybridized carbons (Fsp3) is 1.00. The van der Waals surface area contributed by atoms with Crippen molar-refractivity contribution in [3.63, 3.8) is 0 Å². The molecular formula is C6H13Cl2F3N2. The van der Waals surface area contributed by atoms with Gasteiger partial charge >= 0.3 is 6.18 Å². The highest BCUT2D eigenvalue weighted by molar-refractivity contribution is 5.85. The van der Waals surface area contributed by atoms with Crippen molar-refractivity contribution >= 4 is 24.8 Å². The lowest BCUT2D eigenvalue weighted by Gasteiger charge is -2.33. The molecule has 0 spiro atoms. The van der Waals surface area contributed by atoms with Crippen LogP contribution in [-0.4, -0.2) is 24.8 Å². The first-order chi connectivity index (χ1) is 4.97. The maximum absolute atomic E-state index is 11.6. The Kier molecular flexibility index (Phi) is 7.15. The summed E-state index contributed by atoms with van der Waals surface area (Å²) in [5, 5.41) is 2.38. The van der Waals surface area contributed by atoms with Crippen LogP contribution in [0.25, 0.3) is 0 Å². The van der Waals surface area contributed by atoms with Crippen LogP contribution in [0.4, 0.5) is 13.2 Å². The fourth-order valence-electron chi connectivity index (χ4n) is 1.09. The SMILES string of the molecule is Cl.Cl.N[C@H]1C[C@H](NCC(F)(F)F)C1. The summed E-state index contributed by atoms with van der Waals surface area (Å²) in [5.74, 6) is 0. The standard InChI is InChI=1S/C6H11F3N2.2ClH/c7-6(8,9)3-11-5-1-4(10)2-5;;/h4-5,11H,1-3,10H2;2*1H/t4-,5-;;. The second kappa shape index (κ2) is 5.90. The summed E-state index contributed by atoms with van der Waals surface area (Å²) in [6, 6.07) is 0.0763. The third-order valence-electron chi connectivity index (χ3n) is 1.77. The van der Waals surface area contributed by atoms with Gasteiger partial charge in [-0.05, 0) is 12.8 Å². The maximum Gasteiger partial charge on any atom is 0.401 e. The zero-order chi connectivity index (χ0) is 8.48. The van der Waals surface area contributed by atoms with Gasteiger partial charge in [0.15, 0.2) is 0 Å². The highest BCUT2D eigenvalue weighted by Crippen LogP contribution is 2.19. The Balaban J connectivity index is 0. The van der Waals surface area contributed by atoms with Gasteiger partial charge in [-0.15, -0.1) is 24.8 Å². The summed E-state index contributed by atoms with van der Waals surface area (Å²) >= 11 is 0. The molecule has 2 nitrogen and oxygen atoms in total. The number of nitrogens with one attached hydrogen (secondary N) is 1. The molecule has 0 heterocycles. The first-order valence-electron chi connectivity index (χ1n) is 3.53. The van der Waals surface area contributed by atoms with E-state index >= 15 is 0 Å². The Hall–Kier alpha value is 0.290. The van der Waals surface area contributed by atoms with Crippen molar-refractivity contribution < 1.29 is 13.2 Å². The molecule has 1 aliphatic rings. The first-order valence-corrected chi connectivity index (χ1v) is 3.53. The molecule has 7 heteroatoms. The molecule has 0 saturated heterocycles. The average Bonchev–Trinajstić information content (AvgIpc) is 1.75. The molecular weight excluding hydrogens is 228 g/mol. The molecule has 0 aromatic rings. The van der Waals surface area contributed by atoms with E-state index in [9.17, 15) is 13.2 Å². The highest BCUT2D eigenvalue weighted by atomic mass is 35.5. The molecule has 0 atom stereocenters. The van der Waals surface area contributed by atoms with Gasteiger partial charge in [-0.3, -0.25) is 0 Å². The van der Waals surface area contributed by atoms with Crippen LogP contribution in [0, 0.1) is 0 Å². The van der Waals surface area contributed by atoms with E-state index < -0.39 is 12.7 Å². The Morgan fingerprint density at radius 2 is 1.69 bits per heavy atom. The van der Waals surface area contributed by atoms with Crippen molar-refractivity contribution in [3.8, 4) is 0 Å². The molecule has 0 bridgehead atoms. The molecule has 0 aromatic heterocycles.